The predicted molar refractivity (Wildman–Crippen MR) is 79.0 cm³/mol. The number of aromatic nitrogens is 1. The third-order valence-electron chi connectivity index (χ3n) is 3.70. The van der Waals surface area contributed by atoms with Crippen molar-refractivity contribution in [1.29, 1.82) is 0 Å². The van der Waals surface area contributed by atoms with Crippen molar-refractivity contribution in [2.75, 3.05) is 0 Å². The van der Waals surface area contributed by atoms with Gasteiger partial charge in [-0.25, -0.2) is 4.98 Å². The van der Waals surface area contributed by atoms with Crippen LogP contribution in [0.15, 0.2) is 22.9 Å². The minimum atomic E-state index is -0.170. The molecule has 2 aromatic heterocycles. The van der Waals surface area contributed by atoms with Gasteiger partial charge in [0.25, 0.3) is 0 Å². The molecule has 4 heteroatoms. The number of hydrogen-bond acceptors (Lipinski definition) is 4. The van der Waals surface area contributed by atoms with Crippen molar-refractivity contribution < 1.29 is 0 Å². The molecule has 2 aromatic rings. The van der Waals surface area contributed by atoms with Crippen LogP contribution in [-0.2, 0) is 5.54 Å². The highest BCUT2D eigenvalue weighted by molar-refractivity contribution is 7.14. The van der Waals surface area contributed by atoms with E-state index in [1.807, 2.05) is 0 Å². The van der Waals surface area contributed by atoms with Gasteiger partial charge in [-0.3, -0.25) is 0 Å². The Morgan fingerprint density at radius 2 is 1.89 bits per heavy atom. The minimum absolute atomic E-state index is 0.170. The van der Waals surface area contributed by atoms with Crippen molar-refractivity contribution in [3.8, 4) is 10.6 Å². The summed E-state index contributed by atoms with van der Waals surface area (Å²) >= 11 is 3.48. The lowest BCUT2D eigenvalue weighted by atomic mass is 9.92. The lowest BCUT2D eigenvalue weighted by Crippen LogP contribution is -2.35. The lowest BCUT2D eigenvalue weighted by molar-refractivity contribution is 0.384. The van der Waals surface area contributed by atoms with Crippen molar-refractivity contribution in [1.82, 2.24) is 4.98 Å². The normalized spacial score (nSPS) is 19.6. The number of hydrogen-bond donors (Lipinski definition) is 1. The average molecular weight is 278 g/mol. The Bertz CT molecular complexity index is 494. The van der Waals surface area contributed by atoms with Crippen LogP contribution in [0.4, 0.5) is 0 Å². The molecule has 18 heavy (non-hydrogen) atoms. The van der Waals surface area contributed by atoms with Gasteiger partial charge in [-0.15, -0.1) is 22.7 Å². The molecule has 0 bridgehead atoms. The monoisotopic (exact) mass is 278 g/mol. The number of thiophene rings is 1. The molecule has 96 valence electrons. The maximum absolute atomic E-state index is 6.60. The van der Waals surface area contributed by atoms with Crippen LogP contribution in [0.2, 0.25) is 0 Å². The summed E-state index contributed by atoms with van der Waals surface area (Å²) in [6.45, 7) is 0. The summed E-state index contributed by atoms with van der Waals surface area (Å²) in [5.41, 5.74) is 7.52. The molecular formula is C14H18N2S2. The Balaban J connectivity index is 1.88. The minimum Gasteiger partial charge on any atom is -0.319 e. The summed E-state index contributed by atoms with van der Waals surface area (Å²) in [6, 6.07) is 4.20. The molecule has 0 amide bonds. The first-order valence-corrected chi connectivity index (χ1v) is 8.33. The van der Waals surface area contributed by atoms with Gasteiger partial charge in [0.15, 0.2) is 0 Å². The molecule has 0 aliphatic heterocycles. The van der Waals surface area contributed by atoms with Crippen molar-refractivity contribution in [3.05, 3.63) is 27.9 Å². The van der Waals surface area contributed by atoms with E-state index in [9.17, 15) is 0 Å². The highest BCUT2D eigenvalue weighted by Gasteiger charge is 2.31. The van der Waals surface area contributed by atoms with Crippen LogP contribution in [0.3, 0.4) is 0 Å². The Labute approximate surface area is 116 Å². The third kappa shape index (κ3) is 2.37. The Morgan fingerprint density at radius 3 is 2.56 bits per heavy atom. The number of thiazole rings is 1. The molecule has 0 radical (unpaired) electrons. The van der Waals surface area contributed by atoms with Gasteiger partial charge < -0.3 is 5.73 Å². The standard InChI is InChI=1S/C14H18N2S2/c15-14(7-3-1-2-4-8-14)13-16-11(10-18-13)12-6-5-9-17-12/h5-6,9-10H,1-4,7-8,15H2. The molecule has 0 saturated heterocycles. The van der Waals surface area contributed by atoms with Crippen molar-refractivity contribution in [2.24, 2.45) is 5.73 Å². The van der Waals surface area contributed by atoms with Gasteiger partial charge >= 0.3 is 0 Å². The van der Waals surface area contributed by atoms with Crippen LogP contribution in [0.5, 0.6) is 0 Å². The Morgan fingerprint density at radius 1 is 1.11 bits per heavy atom. The zero-order chi connectivity index (χ0) is 12.4. The molecule has 1 aliphatic rings. The topological polar surface area (TPSA) is 38.9 Å². The molecule has 1 aliphatic carbocycles. The number of rotatable bonds is 2. The average Bonchev–Trinajstić information content (AvgIpc) is 3.00. The molecule has 2 nitrogen and oxygen atoms in total. The van der Waals surface area contributed by atoms with E-state index in [1.165, 1.54) is 30.6 Å². The Hall–Kier alpha value is -0.710. The fraction of sp³-hybridized carbons (Fsp3) is 0.500. The van der Waals surface area contributed by atoms with Crippen molar-refractivity contribution >= 4 is 22.7 Å². The van der Waals surface area contributed by atoms with Crippen LogP contribution in [0.1, 0.15) is 43.5 Å². The van der Waals surface area contributed by atoms with E-state index in [0.717, 1.165) is 23.5 Å². The van der Waals surface area contributed by atoms with Gasteiger partial charge in [-0.2, -0.15) is 0 Å². The van der Waals surface area contributed by atoms with E-state index in [1.54, 1.807) is 22.7 Å². The summed E-state index contributed by atoms with van der Waals surface area (Å²) in [6.07, 6.45) is 7.30. The van der Waals surface area contributed by atoms with E-state index < -0.39 is 0 Å². The summed E-state index contributed by atoms with van der Waals surface area (Å²) in [5.74, 6) is 0. The molecule has 0 spiro atoms. The van der Waals surface area contributed by atoms with E-state index >= 15 is 0 Å². The molecule has 3 rings (SSSR count). The second kappa shape index (κ2) is 5.11. The molecule has 0 unspecified atom stereocenters. The smallest absolute Gasteiger partial charge is 0.113 e. The van der Waals surface area contributed by atoms with Gasteiger partial charge in [-0.1, -0.05) is 31.7 Å². The van der Waals surface area contributed by atoms with Crippen molar-refractivity contribution in [2.45, 2.75) is 44.1 Å². The molecule has 2 N–H and O–H groups in total. The molecule has 2 heterocycles. The summed E-state index contributed by atoms with van der Waals surface area (Å²) in [4.78, 5) is 6.04. The van der Waals surface area contributed by atoms with Crippen LogP contribution >= 0.6 is 22.7 Å². The first-order valence-electron chi connectivity index (χ1n) is 6.57. The van der Waals surface area contributed by atoms with Crippen LogP contribution in [0.25, 0.3) is 10.6 Å². The summed E-state index contributed by atoms with van der Waals surface area (Å²) in [5, 5.41) is 5.38. The second-order valence-electron chi connectivity index (χ2n) is 5.09. The van der Waals surface area contributed by atoms with E-state index in [4.69, 9.17) is 10.7 Å². The van der Waals surface area contributed by atoms with Gasteiger partial charge in [0.1, 0.15) is 5.01 Å². The molecular weight excluding hydrogens is 260 g/mol. The van der Waals surface area contributed by atoms with Crippen LogP contribution < -0.4 is 5.73 Å². The Kier molecular flexibility index (Phi) is 3.50. The highest BCUT2D eigenvalue weighted by atomic mass is 32.1. The first-order chi connectivity index (χ1) is 8.78. The quantitative estimate of drug-likeness (QED) is 0.828. The molecule has 1 fully saturated rings. The molecule has 0 aromatic carbocycles. The predicted octanol–water partition coefficient (Wildman–Crippen LogP) is 4.38. The highest BCUT2D eigenvalue weighted by Crippen LogP contribution is 2.37. The fourth-order valence-corrected chi connectivity index (χ4v) is 4.37. The van der Waals surface area contributed by atoms with E-state index in [-0.39, 0.29) is 5.54 Å². The molecule has 1 saturated carbocycles. The second-order valence-corrected chi connectivity index (χ2v) is 6.89. The van der Waals surface area contributed by atoms with Crippen molar-refractivity contribution in [3.63, 3.8) is 0 Å². The van der Waals surface area contributed by atoms with Gasteiger partial charge in [0, 0.05) is 5.38 Å². The molecule has 0 atom stereocenters. The SMILES string of the molecule is NC1(c2nc(-c3cccs3)cs2)CCCCCC1. The number of nitrogens with two attached hydrogens (primary N) is 1. The first kappa shape index (κ1) is 12.3. The fourth-order valence-electron chi connectivity index (χ4n) is 2.61. The zero-order valence-corrected chi connectivity index (χ0v) is 12.0. The van der Waals surface area contributed by atoms with Crippen LogP contribution in [0, 0.1) is 0 Å². The summed E-state index contributed by atoms with van der Waals surface area (Å²) < 4.78 is 0. The summed E-state index contributed by atoms with van der Waals surface area (Å²) in [7, 11) is 0. The lowest BCUT2D eigenvalue weighted by Gasteiger charge is -2.25. The van der Waals surface area contributed by atoms with E-state index in [0.29, 0.717) is 0 Å². The van der Waals surface area contributed by atoms with Gasteiger partial charge in [0.05, 0.1) is 16.1 Å². The van der Waals surface area contributed by atoms with E-state index in [2.05, 4.69) is 22.9 Å². The van der Waals surface area contributed by atoms with Crippen LogP contribution in [-0.4, -0.2) is 4.98 Å². The maximum Gasteiger partial charge on any atom is 0.113 e. The number of nitrogens with zero attached hydrogens (tertiary/aromatic N) is 1. The zero-order valence-electron chi connectivity index (χ0n) is 10.4. The van der Waals surface area contributed by atoms with Gasteiger partial charge in [0.2, 0.25) is 0 Å². The maximum atomic E-state index is 6.60. The van der Waals surface area contributed by atoms with Gasteiger partial charge in [-0.05, 0) is 24.3 Å². The largest absolute Gasteiger partial charge is 0.319 e. The third-order valence-corrected chi connectivity index (χ3v) is 5.65.